The maximum atomic E-state index is 5.92. The Kier molecular flexibility index (Phi) is 3.50. The van der Waals surface area contributed by atoms with Gasteiger partial charge in [0, 0.05) is 21.8 Å². The van der Waals surface area contributed by atoms with E-state index in [0.717, 1.165) is 27.7 Å². The van der Waals surface area contributed by atoms with Crippen LogP contribution < -0.4 is 9.47 Å². The van der Waals surface area contributed by atoms with Crippen LogP contribution in [-0.4, -0.2) is 17.5 Å². The van der Waals surface area contributed by atoms with Crippen LogP contribution in [0, 0.1) is 0 Å². The third kappa shape index (κ3) is 2.54. The molecule has 0 unspecified atom stereocenters. The van der Waals surface area contributed by atoms with E-state index in [9.17, 15) is 0 Å². The fourth-order valence-corrected chi connectivity index (χ4v) is 2.54. The Morgan fingerprint density at radius 2 is 2.19 bits per heavy atom. The van der Waals surface area contributed by atoms with Gasteiger partial charge in [-0.2, -0.15) is 0 Å². The number of rotatable bonds is 3. The third-order valence-corrected chi connectivity index (χ3v) is 3.21. The highest BCUT2D eigenvalue weighted by molar-refractivity contribution is 9.10. The number of hydrogen-bond acceptors (Lipinski definition) is 2. The van der Waals surface area contributed by atoms with Crippen LogP contribution in [0.5, 0.6) is 11.5 Å². The molecule has 2 rings (SSSR count). The molecule has 16 heavy (non-hydrogen) atoms. The molecular weight excluding hydrogens is 336 g/mol. The van der Waals surface area contributed by atoms with E-state index in [2.05, 4.69) is 51.8 Å². The minimum absolute atomic E-state index is 0.129. The summed E-state index contributed by atoms with van der Waals surface area (Å²) in [6.07, 6.45) is 0.923. The van der Waals surface area contributed by atoms with Crippen molar-refractivity contribution in [2.75, 3.05) is 11.9 Å². The SMILES string of the molecule is CC1(C)Cc2cc(Br)cc(OCCBr)c2O1. The summed E-state index contributed by atoms with van der Waals surface area (Å²) in [6, 6.07) is 4.06. The Labute approximate surface area is 113 Å². The Morgan fingerprint density at radius 3 is 2.88 bits per heavy atom. The molecule has 0 radical (unpaired) electrons. The van der Waals surface area contributed by atoms with Crippen molar-refractivity contribution < 1.29 is 9.47 Å². The van der Waals surface area contributed by atoms with Gasteiger partial charge in [-0.1, -0.05) is 31.9 Å². The van der Waals surface area contributed by atoms with Gasteiger partial charge in [-0.05, 0) is 26.0 Å². The predicted molar refractivity (Wildman–Crippen MR) is 71.8 cm³/mol. The number of fused-ring (bicyclic) bond motifs is 1. The molecule has 0 saturated carbocycles. The molecule has 0 amide bonds. The quantitative estimate of drug-likeness (QED) is 0.769. The van der Waals surface area contributed by atoms with E-state index in [1.54, 1.807) is 0 Å². The average molecular weight is 350 g/mol. The molecule has 1 aromatic rings. The van der Waals surface area contributed by atoms with Crippen molar-refractivity contribution >= 4 is 31.9 Å². The molecule has 0 N–H and O–H groups in total. The van der Waals surface area contributed by atoms with Crippen LogP contribution in [0.25, 0.3) is 0 Å². The van der Waals surface area contributed by atoms with Gasteiger partial charge >= 0.3 is 0 Å². The zero-order valence-corrected chi connectivity index (χ0v) is 12.5. The van der Waals surface area contributed by atoms with Gasteiger partial charge in [-0.3, -0.25) is 0 Å². The first-order valence-corrected chi connectivity index (χ1v) is 7.13. The Bertz CT molecular complexity index is 402. The van der Waals surface area contributed by atoms with Crippen LogP contribution in [0.4, 0.5) is 0 Å². The van der Waals surface area contributed by atoms with Crippen molar-refractivity contribution in [2.45, 2.75) is 25.9 Å². The first-order chi connectivity index (χ1) is 7.52. The molecule has 1 heterocycles. The van der Waals surface area contributed by atoms with Gasteiger partial charge in [-0.25, -0.2) is 0 Å². The molecule has 4 heteroatoms. The summed E-state index contributed by atoms with van der Waals surface area (Å²) in [4.78, 5) is 0. The van der Waals surface area contributed by atoms with Gasteiger partial charge in [0.2, 0.25) is 0 Å². The molecule has 1 aliphatic heterocycles. The number of alkyl halides is 1. The maximum Gasteiger partial charge on any atom is 0.165 e. The maximum absolute atomic E-state index is 5.92. The highest BCUT2D eigenvalue weighted by Gasteiger charge is 2.32. The van der Waals surface area contributed by atoms with Crippen molar-refractivity contribution in [3.05, 3.63) is 22.2 Å². The first-order valence-electron chi connectivity index (χ1n) is 5.22. The molecular formula is C12H14Br2O2. The summed E-state index contributed by atoms with van der Waals surface area (Å²) in [7, 11) is 0. The van der Waals surface area contributed by atoms with Gasteiger partial charge in [0.05, 0.1) is 6.61 Å². The Hall–Kier alpha value is -0.220. The Morgan fingerprint density at radius 1 is 1.44 bits per heavy atom. The second-order valence-corrected chi connectivity index (χ2v) is 6.18. The van der Waals surface area contributed by atoms with Crippen molar-refractivity contribution in [1.29, 1.82) is 0 Å². The number of halogens is 2. The van der Waals surface area contributed by atoms with E-state index in [1.165, 1.54) is 5.56 Å². The zero-order chi connectivity index (χ0) is 11.8. The van der Waals surface area contributed by atoms with E-state index in [0.29, 0.717) is 6.61 Å². The molecule has 1 aromatic carbocycles. The number of benzene rings is 1. The van der Waals surface area contributed by atoms with Gasteiger partial charge in [0.25, 0.3) is 0 Å². The van der Waals surface area contributed by atoms with Crippen LogP contribution >= 0.6 is 31.9 Å². The molecule has 0 aromatic heterocycles. The van der Waals surface area contributed by atoms with Crippen molar-refractivity contribution in [2.24, 2.45) is 0 Å². The van der Waals surface area contributed by atoms with E-state index in [1.807, 2.05) is 6.07 Å². The normalized spacial score (nSPS) is 16.8. The molecule has 0 spiro atoms. The topological polar surface area (TPSA) is 18.5 Å². The summed E-state index contributed by atoms with van der Waals surface area (Å²) >= 11 is 6.85. The molecule has 0 aliphatic carbocycles. The van der Waals surface area contributed by atoms with Crippen LogP contribution in [0.2, 0.25) is 0 Å². The number of ether oxygens (including phenoxy) is 2. The lowest BCUT2D eigenvalue weighted by molar-refractivity contribution is 0.132. The Balaban J connectivity index is 2.33. The average Bonchev–Trinajstić information content (AvgIpc) is 2.48. The summed E-state index contributed by atoms with van der Waals surface area (Å²) in [5.41, 5.74) is 1.08. The number of hydrogen-bond donors (Lipinski definition) is 0. The summed E-state index contributed by atoms with van der Waals surface area (Å²) in [5, 5.41) is 0.817. The molecule has 1 aliphatic rings. The lowest BCUT2D eigenvalue weighted by atomic mass is 10.0. The lowest BCUT2D eigenvalue weighted by Gasteiger charge is -2.18. The molecule has 0 fully saturated rings. The minimum Gasteiger partial charge on any atom is -0.489 e. The fourth-order valence-electron chi connectivity index (χ4n) is 1.90. The second-order valence-electron chi connectivity index (χ2n) is 4.47. The zero-order valence-electron chi connectivity index (χ0n) is 9.35. The van der Waals surface area contributed by atoms with Crippen LogP contribution in [-0.2, 0) is 6.42 Å². The summed E-state index contributed by atoms with van der Waals surface area (Å²) in [6.45, 7) is 4.83. The van der Waals surface area contributed by atoms with E-state index in [-0.39, 0.29) is 5.60 Å². The lowest BCUT2D eigenvalue weighted by Crippen LogP contribution is -2.24. The van der Waals surface area contributed by atoms with Gasteiger partial charge in [0.15, 0.2) is 11.5 Å². The molecule has 0 bridgehead atoms. The van der Waals surface area contributed by atoms with Crippen LogP contribution in [0.15, 0.2) is 16.6 Å². The standard InChI is InChI=1S/C12H14Br2O2/c1-12(2)7-8-5-9(14)6-10(11(8)16-12)15-4-3-13/h5-6H,3-4,7H2,1-2H3. The molecule has 88 valence electrons. The molecule has 0 saturated heterocycles. The van der Waals surface area contributed by atoms with Crippen molar-refractivity contribution in [3.63, 3.8) is 0 Å². The van der Waals surface area contributed by atoms with Crippen LogP contribution in [0.1, 0.15) is 19.4 Å². The van der Waals surface area contributed by atoms with Crippen molar-refractivity contribution in [3.8, 4) is 11.5 Å². The summed E-state index contributed by atoms with van der Waals surface area (Å²) in [5.74, 6) is 1.73. The molecule has 2 nitrogen and oxygen atoms in total. The van der Waals surface area contributed by atoms with Crippen molar-refractivity contribution in [1.82, 2.24) is 0 Å². The molecule has 0 atom stereocenters. The minimum atomic E-state index is -0.129. The van der Waals surface area contributed by atoms with E-state index in [4.69, 9.17) is 9.47 Å². The van der Waals surface area contributed by atoms with Gasteiger partial charge in [-0.15, -0.1) is 0 Å². The third-order valence-electron chi connectivity index (χ3n) is 2.43. The smallest absolute Gasteiger partial charge is 0.165 e. The van der Waals surface area contributed by atoms with E-state index < -0.39 is 0 Å². The van der Waals surface area contributed by atoms with Gasteiger partial charge < -0.3 is 9.47 Å². The highest BCUT2D eigenvalue weighted by atomic mass is 79.9. The second kappa shape index (κ2) is 4.57. The fraction of sp³-hybridized carbons (Fsp3) is 0.500. The summed E-state index contributed by atoms with van der Waals surface area (Å²) < 4.78 is 12.6. The largest absolute Gasteiger partial charge is 0.489 e. The highest BCUT2D eigenvalue weighted by Crippen LogP contribution is 2.43. The first kappa shape index (κ1) is 12.2. The van der Waals surface area contributed by atoms with E-state index >= 15 is 0 Å². The van der Waals surface area contributed by atoms with Gasteiger partial charge in [0.1, 0.15) is 5.60 Å². The monoisotopic (exact) mass is 348 g/mol. The van der Waals surface area contributed by atoms with Crippen LogP contribution in [0.3, 0.4) is 0 Å². The predicted octanol–water partition coefficient (Wildman–Crippen LogP) is 3.94.